The first-order chi connectivity index (χ1) is 9.66. The number of nitrogens with one attached hydrogen (secondary N) is 1. The first kappa shape index (κ1) is 13.4. The van der Waals surface area contributed by atoms with Gasteiger partial charge in [-0.3, -0.25) is 9.69 Å². The fourth-order valence-corrected chi connectivity index (χ4v) is 3.26. The van der Waals surface area contributed by atoms with E-state index >= 15 is 0 Å². The normalized spacial score (nSPS) is 26.3. The average molecular weight is 281 g/mol. The van der Waals surface area contributed by atoms with E-state index < -0.39 is 17.7 Å². The third-order valence-electron chi connectivity index (χ3n) is 4.26. The molecule has 2 fully saturated rings. The summed E-state index contributed by atoms with van der Waals surface area (Å²) >= 11 is 0. The number of rotatable bonds is 2. The van der Waals surface area contributed by atoms with Crippen LogP contribution in [0.5, 0.6) is 0 Å². The van der Waals surface area contributed by atoms with Gasteiger partial charge in [0, 0.05) is 24.8 Å². The zero-order chi connectivity index (χ0) is 14.1. The lowest BCUT2D eigenvalue weighted by atomic mass is 9.99. The van der Waals surface area contributed by atoms with Crippen LogP contribution >= 0.6 is 0 Å². The van der Waals surface area contributed by atoms with Crippen molar-refractivity contribution in [2.75, 3.05) is 13.1 Å². The lowest BCUT2D eigenvalue weighted by Gasteiger charge is -2.32. The third kappa shape index (κ3) is 2.40. The molecule has 0 spiro atoms. The van der Waals surface area contributed by atoms with E-state index in [1.165, 1.54) is 12.5 Å². The van der Waals surface area contributed by atoms with Gasteiger partial charge in [-0.1, -0.05) is 6.42 Å². The van der Waals surface area contributed by atoms with Crippen LogP contribution in [0.2, 0.25) is 0 Å². The van der Waals surface area contributed by atoms with E-state index in [-0.39, 0.29) is 11.6 Å². The number of amides is 1. The highest BCUT2D eigenvalue weighted by Gasteiger charge is 2.36. The Hall–Kier alpha value is -1.56. The van der Waals surface area contributed by atoms with Gasteiger partial charge in [-0.2, -0.15) is 4.39 Å². The summed E-state index contributed by atoms with van der Waals surface area (Å²) in [7, 11) is 0. The van der Waals surface area contributed by atoms with Crippen molar-refractivity contribution >= 4 is 5.91 Å². The van der Waals surface area contributed by atoms with Gasteiger partial charge in [-0.25, -0.2) is 9.37 Å². The van der Waals surface area contributed by atoms with Crippen LogP contribution in [-0.4, -0.2) is 41.0 Å². The smallest absolute Gasteiger partial charge is 0.254 e. The highest BCUT2D eigenvalue weighted by atomic mass is 19.2. The minimum absolute atomic E-state index is 0.0263. The van der Waals surface area contributed by atoms with E-state index in [1.807, 2.05) is 0 Å². The first-order valence-corrected chi connectivity index (χ1v) is 7.02. The molecule has 0 aromatic carbocycles. The molecule has 0 bridgehead atoms. The Morgan fingerprint density at radius 1 is 1.30 bits per heavy atom. The van der Waals surface area contributed by atoms with E-state index in [9.17, 15) is 13.6 Å². The second-order valence-electron chi connectivity index (χ2n) is 5.43. The maximum Gasteiger partial charge on any atom is 0.254 e. The summed E-state index contributed by atoms with van der Waals surface area (Å²) in [6, 6.07) is 1.57. The van der Waals surface area contributed by atoms with Crippen LogP contribution in [0.15, 0.2) is 12.3 Å². The Morgan fingerprint density at radius 2 is 2.15 bits per heavy atom. The zero-order valence-electron chi connectivity index (χ0n) is 11.1. The van der Waals surface area contributed by atoms with Gasteiger partial charge >= 0.3 is 0 Å². The fourth-order valence-electron chi connectivity index (χ4n) is 3.26. The molecule has 0 aliphatic carbocycles. The second-order valence-corrected chi connectivity index (χ2v) is 5.43. The van der Waals surface area contributed by atoms with E-state index in [1.54, 1.807) is 0 Å². The minimum Gasteiger partial charge on any atom is -0.348 e. The quantitative estimate of drug-likeness (QED) is 0.840. The molecular formula is C14H17F2N3O. The van der Waals surface area contributed by atoms with Gasteiger partial charge in [0.15, 0.2) is 5.82 Å². The SMILES string of the molecule is O=C(NC1CCN2CCCCC12)c1ccnc(F)c1F. The summed E-state index contributed by atoms with van der Waals surface area (Å²) in [4.78, 5) is 17.6. The highest BCUT2D eigenvalue weighted by molar-refractivity contribution is 5.94. The highest BCUT2D eigenvalue weighted by Crippen LogP contribution is 2.27. The van der Waals surface area contributed by atoms with Crippen molar-refractivity contribution < 1.29 is 13.6 Å². The molecule has 2 aliphatic heterocycles. The van der Waals surface area contributed by atoms with Crippen molar-refractivity contribution in [3.05, 3.63) is 29.6 Å². The molecule has 0 saturated carbocycles. The Labute approximate surface area is 116 Å². The minimum atomic E-state index is -1.23. The number of hydrogen-bond acceptors (Lipinski definition) is 3. The van der Waals surface area contributed by atoms with Crippen LogP contribution in [0.25, 0.3) is 0 Å². The van der Waals surface area contributed by atoms with Gasteiger partial charge in [-0.15, -0.1) is 0 Å². The molecule has 3 heterocycles. The molecule has 1 N–H and O–H groups in total. The van der Waals surface area contributed by atoms with E-state index in [4.69, 9.17) is 0 Å². The Morgan fingerprint density at radius 3 is 3.00 bits per heavy atom. The van der Waals surface area contributed by atoms with E-state index in [2.05, 4.69) is 15.2 Å². The molecule has 6 heteroatoms. The van der Waals surface area contributed by atoms with Crippen LogP contribution in [-0.2, 0) is 0 Å². The first-order valence-electron chi connectivity index (χ1n) is 7.02. The number of hydrogen-bond donors (Lipinski definition) is 1. The number of halogens is 2. The van der Waals surface area contributed by atoms with Gasteiger partial charge in [0.2, 0.25) is 5.95 Å². The van der Waals surface area contributed by atoms with Crippen LogP contribution < -0.4 is 5.32 Å². The number of pyridine rings is 1. The van der Waals surface area contributed by atoms with Crippen molar-refractivity contribution in [2.24, 2.45) is 0 Å². The molecule has 2 aliphatic rings. The van der Waals surface area contributed by atoms with E-state index in [0.29, 0.717) is 6.04 Å². The Kier molecular flexibility index (Phi) is 3.65. The van der Waals surface area contributed by atoms with Crippen LogP contribution in [0.4, 0.5) is 8.78 Å². The number of piperidine rings is 1. The number of aromatic nitrogens is 1. The third-order valence-corrected chi connectivity index (χ3v) is 4.26. The molecule has 3 rings (SSSR count). The summed E-state index contributed by atoms with van der Waals surface area (Å²) in [6.45, 7) is 2.03. The molecule has 108 valence electrons. The molecule has 1 aromatic rings. The van der Waals surface area contributed by atoms with Crippen molar-refractivity contribution in [1.82, 2.24) is 15.2 Å². The van der Waals surface area contributed by atoms with Crippen LogP contribution in [0, 0.1) is 11.8 Å². The molecule has 0 radical (unpaired) electrons. The molecule has 2 unspecified atom stereocenters. The second kappa shape index (κ2) is 5.44. The van der Waals surface area contributed by atoms with Gasteiger partial charge in [0.1, 0.15) is 0 Å². The van der Waals surface area contributed by atoms with Gasteiger partial charge in [-0.05, 0) is 31.9 Å². The maximum atomic E-state index is 13.6. The number of fused-ring (bicyclic) bond motifs is 1. The van der Waals surface area contributed by atoms with Crippen molar-refractivity contribution in [1.29, 1.82) is 0 Å². The Balaban J connectivity index is 1.71. The molecule has 1 aromatic heterocycles. The van der Waals surface area contributed by atoms with Gasteiger partial charge in [0.25, 0.3) is 5.91 Å². The number of nitrogens with zero attached hydrogens (tertiary/aromatic N) is 2. The van der Waals surface area contributed by atoms with E-state index in [0.717, 1.165) is 38.5 Å². The maximum absolute atomic E-state index is 13.6. The van der Waals surface area contributed by atoms with Crippen molar-refractivity contribution in [3.8, 4) is 0 Å². The summed E-state index contributed by atoms with van der Waals surface area (Å²) in [5, 5.41) is 2.85. The molecular weight excluding hydrogens is 264 g/mol. The molecule has 2 saturated heterocycles. The lowest BCUT2D eigenvalue weighted by Crippen LogP contribution is -2.47. The topological polar surface area (TPSA) is 45.2 Å². The number of carbonyl (C=O) groups excluding carboxylic acids is 1. The number of carbonyl (C=O) groups is 1. The molecule has 1 amide bonds. The zero-order valence-corrected chi connectivity index (χ0v) is 11.1. The van der Waals surface area contributed by atoms with Crippen molar-refractivity contribution in [3.63, 3.8) is 0 Å². The molecule has 4 nitrogen and oxygen atoms in total. The van der Waals surface area contributed by atoms with Crippen molar-refractivity contribution in [2.45, 2.75) is 37.8 Å². The largest absolute Gasteiger partial charge is 0.348 e. The standard InChI is InChI=1S/C14H17F2N3O/c15-12-9(4-6-17-13(12)16)14(20)18-10-5-8-19-7-2-1-3-11(10)19/h4,6,10-11H,1-3,5,7-8H2,(H,18,20). The predicted octanol–water partition coefficient (Wildman–Crippen LogP) is 1.72. The Bertz CT molecular complexity index is 523. The fraction of sp³-hybridized carbons (Fsp3) is 0.571. The summed E-state index contributed by atoms with van der Waals surface area (Å²) in [6.07, 6.45) is 5.38. The molecule has 2 atom stereocenters. The molecule has 20 heavy (non-hydrogen) atoms. The summed E-state index contributed by atoms with van der Waals surface area (Å²) in [5.74, 6) is -2.96. The van der Waals surface area contributed by atoms with Crippen LogP contribution in [0.3, 0.4) is 0 Å². The monoisotopic (exact) mass is 281 g/mol. The van der Waals surface area contributed by atoms with Crippen LogP contribution in [0.1, 0.15) is 36.0 Å². The van der Waals surface area contributed by atoms with Gasteiger partial charge in [0.05, 0.1) is 5.56 Å². The average Bonchev–Trinajstić information content (AvgIpc) is 2.85. The predicted molar refractivity (Wildman–Crippen MR) is 69.2 cm³/mol. The van der Waals surface area contributed by atoms with Gasteiger partial charge < -0.3 is 5.32 Å². The lowest BCUT2D eigenvalue weighted by molar-refractivity contribution is 0.0910. The summed E-state index contributed by atoms with van der Waals surface area (Å²) < 4.78 is 26.6. The summed E-state index contributed by atoms with van der Waals surface area (Å²) in [5.41, 5.74) is -0.272.